The monoisotopic (exact) mass is 321 g/mol. The smallest absolute Gasteiger partial charge is 0.149 e. The van der Waals surface area contributed by atoms with Crippen LogP contribution < -0.4 is 5.73 Å². The number of aryl methyl sites for hydroxylation is 1. The number of nitrogens with two attached hydrogens (primary N) is 1. The summed E-state index contributed by atoms with van der Waals surface area (Å²) in [6, 6.07) is 6.59. The van der Waals surface area contributed by atoms with Crippen molar-refractivity contribution in [1.29, 1.82) is 0 Å². The molecule has 98 valence electrons. The zero-order chi connectivity index (χ0) is 13.6. The maximum Gasteiger partial charge on any atom is 0.149 e. The standard InChI is InChI=1S/C14H13BrFN3/c1-8-6-12(10-7-9(15)2-3-11(10)16)19-13(18-8)14(17)4-5-14/h2-3,6-7H,4-5,17H2,1H3. The number of hydrogen-bond donors (Lipinski definition) is 1. The van der Waals surface area contributed by atoms with Gasteiger partial charge in [-0.3, -0.25) is 0 Å². The fourth-order valence-electron chi connectivity index (χ4n) is 1.98. The van der Waals surface area contributed by atoms with Crippen molar-refractivity contribution in [2.24, 2.45) is 5.73 Å². The highest BCUT2D eigenvalue weighted by molar-refractivity contribution is 9.10. The molecule has 1 aromatic heterocycles. The van der Waals surface area contributed by atoms with Gasteiger partial charge in [0.25, 0.3) is 0 Å². The first-order valence-corrected chi connectivity index (χ1v) is 6.88. The van der Waals surface area contributed by atoms with E-state index < -0.39 is 5.54 Å². The van der Waals surface area contributed by atoms with Crippen LogP contribution in [0.15, 0.2) is 28.7 Å². The van der Waals surface area contributed by atoms with Gasteiger partial charge in [0.2, 0.25) is 0 Å². The number of nitrogens with zero attached hydrogens (tertiary/aromatic N) is 2. The van der Waals surface area contributed by atoms with Gasteiger partial charge in [0.05, 0.1) is 11.2 Å². The van der Waals surface area contributed by atoms with Gasteiger partial charge < -0.3 is 5.73 Å². The lowest BCUT2D eigenvalue weighted by Crippen LogP contribution is -2.22. The normalized spacial score (nSPS) is 16.4. The lowest BCUT2D eigenvalue weighted by atomic mass is 10.1. The summed E-state index contributed by atoms with van der Waals surface area (Å²) in [5.74, 6) is 0.316. The lowest BCUT2D eigenvalue weighted by molar-refractivity contribution is 0.628. The molecule has 0 unspecified atom stereocenters. The Bertz CT molecular complexity index is 653. The van der Waals surface area contributed by atoms with Crippen molar-refractivity contribution in [3.05, 3.63) is 46.1 Å². The molecule has 0 atom stereocenters. The van der Waals surface area contributed by atoms with Crippen molar-refractivity contribution in [3.63, 3.8) is 0 Å². The van der Waals surface area contributed by atoms with Gasteiger partial charge >= 0.3 is 0 Å². The zero-order valence-corrected chi connectivity index (χ0v) is 12.0. The van der Waals surface area contributed by atoms with Crippen LogP contribution in [0.2, 0.25) is 0 Å². The van der Waals surface area contributed by atoms with Gasteiger partial charge in [-0.15, -0.1) is 0 Å². The maximum atomic E-state index is 13.9. The summed E-state index contributed by atoms with van der Waals surface area (Å²) in [5.41, 5.74) is 7.56. The molecule has 1 saturated carbocycles. The van der Waals surface area contributed by atoms with Gasteiger partial charge in [0, 0.05) is 15.7 Å². The molecule has 1 fully saturated rings. The molecule has 2 aromatic rings. The van der Waals surface area contributed by atoms with E-state index in [-0.39, 0.29) is 5.82 Å². The fourth-order valence-corrected chi connectivity index (χ4v) is 2.34. The van der Waals surface area contributed by atoms with E-state index in [0.29, 0.717) is 17.1 Å². The Hall–Kier alpha value is -1.33. The van der Waals surface area contributed by atoms with Crippen molar-refractivity contribution in [1.82, 2.24) is 9.97 Å². The highest BCUT2D eigenvalue weighted by Gasteiger charge is 2.43. The number of halogens is 2. The van der Waals surface area contributed by atoms with E-state index in [2.05, 4.69) is 25.9 Å². The summed E-state index contributed by atoms with van der Waals surface area (Å²) in [6.07, 6.45) is 1.77. The summed E-state index contributed by atoms with van der Waals surface area (Å²) in [4.78, 5) is 8.82. The Morgan fingerprint density at radius 2 is 2.00 bits per heavy atom. The minimum absolute atomic E-state index is 0.297. The van der Waals surface area contributed by atoms with Crippen molar-refractivity contribution >= 4 is 15.9 Å². The van der Waals surface area contributed by atoms with Crippen LogP contribution in [0, 0.1) is 12.7 Å². The number of benzene rings is 1. The predicted octanol–water partition coefficient (Wildman–Crippen LogP) is 3.30. The molecule has 1 aliphatic carbocycles. The van der Waals surface area contributed by atoms with Crippen LogP contribution in [-0.4, -0.2) is 9.97 Å². The van der Waals surface area contributed by atoms with Crippen LogP contribution in [0.4, 0.5) is 4.39 Å². The Balaban J connectivity index is 2.14. The number of aromatic nitrogens is 2. The summed E-state index contributed by atoms with van der Waals surface area (Å²) < 4.78 is 14.7. The van der Waals surface area contributed by atoms with Gasteiger partial charge in [0.1, 0.15) is 11.6 Å². The molecule has 0 bridgehead atoms. The molecule has 1 aliphatic rings. The Morgan fingerprint density at radius 3 is 2.68 bits per heavy atom. The van der Waals surface area contributed by atoms with Crippen molar-refractivity contribution in [2.75, 3.05) is 0 Å². The van der Waals surface area contributed by atoms with E-state index in [4.69, 9.17) is 5.73 Å². The molecule has 1 aromatic carbocycles. The van der Waals surface area contributed by atoms with E-state index in [9.17, 15) is 4.39 Å². The van der Waals surface area contributed by atoms with E-state index in [1.54, 1.807) is 18.2 Å². The average molecular weight is 322 g/mol. The summed E-state index contributed by atoms with van der Waals surface area (Å²) in [5, 5.41) is 0. The summed E-state index contributed by atoms with van der Waals surface area (Å²) >= 11 is 3.35. The minimum atomic E-state index is -0.413. The quantitative estimate of drug-likeness (QED) is 0.923. The average Bonchev–Trinajstić information content (AvgIpc) is 3.11. The van der Waals surface area contributed by atoms with E-state index >= 15 is 0 Å². The molecule has 0 spiro atoms. The SMILES string of the molecule is Cc1cc(-c2cc(Br)ccc2F)nc(C2(N)CC2)n1. The molecule has 2 N–H and O–H groups in total. The van der Waals surface area contributed by atoms with Crippen LogP contribution in [0.5, 0.6) is 0 Å². The molecule has 0 saturated heterocycles. The van der Waals surface area contributed by atoms with Gasteiger partial charge in [-0.05, 0) is 44.0 Å². The highest BCUT2D eigenvalue weighted by atomic mass is 79.9. The van der Waals surface area contributed by atoms with Crippen molar-refractivity contribution in [2.45, 2.75) is 25.3 Å². The van der Waals surface area contributed by atoms with Crippen LogP contribution in [0.3, 0.4) is 0 Å². The molecule has 3 rings (SSSR count). The molecule has 0 amide bonds. The summed E-state index contributed by atoms with van der Waals surface area (Å²) in [6.45, 7) is 1.87. The van der Waals surface area contributed by atoms with Gasteiger partial charge in [-0.25, -0.2) is 14.4 Å². The third kappa shape index (κ3) is 2.40. The Labute approximate surface area is 119 Å². The Kier molecular flexibility index (Phi) is 2.91. The first kappa shape index (κ1) is 12.7. The third-order valence-electron chi connectivity index (χ3n) is 3.29. The van der Waals surface area contributed by atoms with Crippen LogP contribution in [-0.2, 0) is 5.54 Å². The number of rotatable bonds is 2. The topological polar surface area (TPSA) is 51.8 Å². The highest BCUT2D eigenvalue weighted by Crippen LogP contribution is 2.41. The first-order chi connectivity index (χ1) is 8.98. The van der Waals surface area contributed by atoms with E-state index in [0.717, 1.165) is 23.0 Å². The van der Waals surface area contributed by atoms with Gasteiger partial charge in [-0.2, -0.15) is 0 Å². The van der Waals surface area contributed by atoms with Gasteiger partial charge in [-0.1, -0.05) is 15.9 Å². The lowest BCUT2D eigenvalue weighted by Gasteiger charge is -2.11. The van der Waals surface area contributed by atoms with Crippen LogP contribution in [0.1, 0.15) is 24.4 Å². The molecular formula is C14H13BrFN3. The minimum Gasteiger partial charge on any atom is -0.319 e. The van der Waals surface area contributed by atoms with Crippen LogP contribution in [0.25, 0.3) is 11.3 Å². The fraction of sp³-hybridized carbons (Fsp3) is 0.286. The third-order valence-corrected chi connectivity index (χ3v) is 3.79. The molecule has 0 aliphatic heterocycles. The molecule has 1 heterocycles. The maximum absolute atomic E-state index is 13.9. The van der Waals surface area contributed by atoms with Crippen molar-refractivity contribution < 1.29 is 4.39 Å². The molecule has 5 heteroatoms. The Morgan fingerprint density at radius 1 is 1.26 bits per heavy atom. The van der Waals surface area contributed by atoms with Crippen LogP contribution >= 0.6 is 15.9 Å². The summed E-state index contributed by atoms with van der Waals surface area (Å²) in [7, 11) is 0. The second-order valence-electron chi connectivity index (χ2n) is 5.00. The number of hydrogen-bond acceptors (Lipinski definition) is 3. The second-order valence-corrected chi connectivity index (χ2v) is 5.91. The van der Waals surface area contributed by atoms with E-state index in [1.807, 2.05) is 6.92 Å². The van der Waals surface area contributed by atoms with E-state index in [1.165, 1.54) is 6.07 Å². The molecular weight excluding hydrogens is 309 g/mol. The predicted molar refractivity (Wildman–Crippen MR) is 75.0 cm³/mol. The molecule has 19 heavy (non-hydrogen) atoms. The zero-order valence-electron chi connectivity index (χ0n) is 10.5. The largest absolute Gasteiger partial charge is 0.319 e. The first-order valence-electron chi connectivity index (χ1n) is 6.08. The van der Waals surface area contributed by atoms with Gasteiger partial charge in [0.15, 0.2) is 0 Å². The molecule has 0 radical (unpaired) electrons. The second kappa shape index (κ2) is 4.35. The molecule has 3 nitrogen and oxygen atoms in total. The van der Waals surface area contributed by atoms with Crippen molar-refractivity contribution in [3.8, 4) is 11.3 Å².